The van der Waals surface area contributed by atoms with Crippen molar-refractivity contribution in [2.45, 2.75) is 77.5 Å². The molecule has 3 nitrogen and oxygen atoms in total. The average molecular weight is 358 g/mol. The van der Waals surface area contributed by atoms with Crippen molar-refractivity contribution < 1.29 is 9.84 Å². The zero-order valence-corrected chi connectivity index (χ0v) is 16.7. The maximum Gasteiger partial charge on any atom is 0.0900 e. The van der Waals surface area contributed by atoms with Gasteiger partial charge >= 0.3 is 0 Å². The van der Waals surface area contributed by atoms with Crippen LogP contribution in [0.5, 0.6) is 0 Å². The van der Waals surface area contributed by atoms with E-state index in [1.54, 1.807) is 0 Å². The van der Waals surface area contributed by atoms with Gasteiger partial charge in [0, 0.05) is 19.1 Å². The van der Waals surface area contributed by atoms with Gasteiger partial charge in [-0.1, -0.05) is 45.0 Å². The van der Waals surface area contributed by atoms with Gasteiger partial charge in [0.1, 0.15) is 0 Å². The number of β-amino-alcohol motifs (C(OH)–C–C–N with tert-alkyl or cyclic N) is 1. The lowest BCUT2D eigenvalue weighted by Crippen LogP contribution is -2.39. The Kier molecular flexibility index (Phi) is 4.92. The van der Waals surface area contributed by atoms with Gasteiger partial charge in [0.05, 0.1) is 18.8 Å². The van der Waals surface area contributed by atoms with Gasteiger partial charge in [0.2, 0.25) is 0 Å². The van der Waals surface area contributed by atoms with Gasteiger partial charge in [0.25, 0.3) is 0 Å². The third kappa shape index (κ3) is 3.85. The van der Waals surface area contributed by atoms with Gasteiger partial charge in [-0.25, -0.2) is 0 Å². The highest BCUT2D eigenvalue weighted by Crippen LogP contribution is 2.52. The summed E-state index contributed by atoms with van der Waals surface area (Å²) in [7, 11) is 0. The zero-order chi connectivity index (χ0) is 18.4. The lowest BCUT2D eigenvalue weighted by Gasteiger charge is -2.40. The Morgan fingerprint density at radius 3 is 2.88 bits per heavy atom. The van der Waals surface area contributed by atoms with Crippen LogP contribution in [0.4, 0.5) is 0 Å². The number of benzene rings is 1. The molecule has 1 aromatic rings. The number of ether oxygens (including phenoxy) is 1. The SMILES string of the molecule is CC1(C)C[C@H]2C[C@@](C)(CN2C[C@@H](O)CO[C@@H]2CCCc3ccccc32)C1. The molecule has 0 unspecified atom stereocenters. The Morgan fingerprint density at radius 1 is 1.23 bits per heavy atom. The van der Waals surface area contributed by atoms with Crippen LogP contribution in [0, 0.1) is 10.8 Å². The fraction of sp³-hybridized carbons (Fsp3) is 0.739. The van der Waals surface area contributed by atoms with Crippen LogP contribution in [-0.2, 0) is 11.2 Å². The molecule has 4 rings (SSSR count). The van der Waals surface area contributed by atoms with Gasteiger partial charge in [-0.05, 0) is 60.5 Å². The van der Waals surface area contributed by atoms with Gasteiger partial charge in [-0.15, -0.1) is 0 Å². The first kappa shape index (κ1) is 18.5. The molecule has 1 saturated heterocycles. The largest absolute Gasteiger partial charge is 0.389 e. The van der Waals surface area contributed by atoms with E-state index in [2.05, 4.69) is 49.9 Å². The minimum absolute atomic E-state index is 0.156. The van der Waals surface area contributed by atoms with E-state index >= 15 is 0 Å². The number of aryl methyl sites for hydroxylation is 1. The third-order valence-corrected chi connectivity index (χ3v) is 6.77. The Labute approximate surface area is 158 Å². The first-order valence-corrected chi connectivity index (χ1v) is 10.5. The van der Waals surface area contributed by atoms with E-state index < -0.39 is 6.10 Å². The van der Waals surface area contributed by atoms with Crippen molar-refractivity contribution in [2.24, 2.45) is 10.8 Å². The van der Waals surface area contributed by atoms with Crippen LogP contribution < -0.4 is 0 Å². The average Bonchev–Trinajstić information content (AvgIpc) is 2.81. The van der Waals surface area contributed by atoms with Crippen molar-refractivity contribution in [1.29, 1.82) is 0 Å². The van der Waals surface area contributed by atoms with E-state index in [0.717, 1.165) is 25.9 Å². The molecule has 1 N–H and O–H groups in total. The fourth-order valence-corrected chi connectivity index (χ4v) is 6.22. The zero-order valence-electron chi connectivity index (χ0n) is 16.7. The molecule has 0 aromatic heterocycles. The van der Waals surface area contributed by atoms with Crippen LogP contribution in [-0.4, -0.2) is 41.8 Å². The first-order chi connectivity index (χ1) is 12.3. The standard InChI is InChI=1S/C23H35NO2/c1-22(2)11-18-12-23(3,15-22)16-24(18)13-19(25)14-26-21-10-6-8-17-7-4-5-9-20(17)21/h4-5,7,9,18-19,21,25H,6,8,10-16H2,1-3H3/t18-,19+,21+,23+/m0/s1. The highest BCUT2D eigenvalue weighted by atomic mass is 16.5. The second-order valence-corrected chi connectivity index (χ2v) is 10.2. The fourth-order valence-electron chi connectivity index (χ4n) is 6.22. The van der Waals surface area contributed by atoms with Gasteiger partial charge < -0.3 is 9.84 Å². The van der Waals surface area contributed by atoms with Crippen LogP contribution in [0.3, 0.4) is 0 Å². The molecule has 0 amide bonds. The molecule has 2 aliphatic carbocycles. The molecule has 3 aliphatic rings. The van der Waals surface area contributed by atoms with Crippen LogP contribution in [0.25, 0.3) is 0 Å². The van der Waals surface area contributed by atoms with Crippen molar-refractivity contribution in [1.82, 2.24) is 4.90 Å². The van der Waals surface area contributed by atoms with E-state index in [4.69, 9.17) is 4.74 Å². The summed E-state index contributed by atoms with van der Waals surface area (Å²) in [6, 6.07) is 9.26. The van der Waals surface area contributed by atoms with Gasteiger partial charge in [-0.3, -0.25) is 4.90 Å². The maximum atomic E-state index is 10.7. The van der Waals surface area contributed by atoms with Crippen molar-refractivity contribution >= 4 is 0 Å². The molecule has 3 heteroatoms. The second kappa shape index (κ2) is 6.92. The molecule has 144 valence electrons. The van der Waals surface area contributed by atoms with Crippen LogP contribution in [0.15, 0.2) is 24.3 Å². The summed E-state index contributed by atoms with van der Waals surface area (Å²) in [6.07, 6.45) is 7.02. The van der Waals surface area contributed by atoms with Gasteiger partial charge in [0.15, 0.2) is 0 Å². The minimum Gasteiger partial charge on any atom is -0.389 e. The highest BCUT2D eigenvalue weighted by molar-refractivity contribution is 5.31. The molecular weight excluding hydrogens is 322 g/mol. The topological polar surface area (TPSA) is 32.7 Å². The predicted octanol–water partition coefficient (Wildman–Crippen LogP) is 4.34. The van der Waals surface area contributed by atoms with E-state index in [1.807, 2.05) is 0 Å². The number of hydrogen-bond acceptors (Lipinski definition) is 3. The quantitative estimate of drug-likeness (QED) is 0.851. The minimum atomic E-state index is -0.393. The summed E-state index contributed by atoms with van der Waals surface area (Å²) in [4.78, 5) is 2.54. The number of rotatable bonds is 5. The monoisotopic (exact) mass is 357 g/mol. The summed E-state index contributed by atoms with van der Waals surface area (Å²) < 4.78 is 6.18. The number of aliphatic hydroxyl groups is 1. The summed E-state index contributed by atoms with van der Waals surface area (Å²) in [6.45, 7) is 9.57. The summed E-state index contributed by atoms with van der Waals surface area (Å²) in [5, 5.41) is 10.7. The lowest BCUT2D eigenvalue weighted by molar-refractivity contribution is -0.0301. The Bertz CT molecular complexity index is 643. The molecule has 2 fully saturated rings. The van der Waals surface area contributed by atoms with Crippen LogP contribution in [0.2, 0.25) is 0 Å². The molecule has 2 bridgehead atoms. The van der Waals surface area contributed by atoms with E-state index in [-0.39, 0.29) is 6.10 Å². The number of likely N-dealkylation sites (tertiary alicyclic amines) is 1. The number of hydrogen-bond donors (Lipinski definition) is 1. The Balaban J connectivity index is 1.32. The third-order valence-electron chi connectivity index (χ3n) is 6.77. The molecule has 1 aromatic carbocycles. The molecule has 0 spiro atoms. The molecule has 1 heterocycles. The summed E-state index contributed by atoms with van der Waals surface area (Å²) in [5.74, 6) is 0. The lowest BCUT2D eigenvalue weighted by atomic mass is 9.65. The van der Waals surface area contributed by atoms with Crippen LogP contribution in [0.1, 0.15) is 70.1 Å². The molecule has 1 saturated carbocycles. The van der Waals surface area contributed by atoms with Crippen LogP contribution >= 0.6 is 0 Å². The summed E-state index contributed by atoms with van der Waals surface area (Å²) >= 11 is 0. The van der Waals surface area contributed by atoms with Gasteiger partial charge in [-0.2, -0.15) is 0 Å². The van der Waals surface area contributed by atoms with Crippen molar-refractivity contribution in [3.63, 3.8) is 0 Å². The molecule has 0 radical (unpaired) electrons. The normalized spacial score (nSPS) is 34.5. The highest BCUT2D eigenvalue weighted by Gasteiger charge is 2.49. The molecule has 1 aliphatic heterocycles. The maximum absolute atomic E-state index is 10.7. The molecule has 26 heavy (non-hydrogen) atoms. The molecular formula is C23H35NO2. The van der Waals surface area contributed by atoms with E-state index in [1.165, 1.54) is 36.8 Å². The van der Waals surface area contributed by atoms with Crippen molar-refractivity contribution in [3.05, 3.63) is 35.4 Å². The van der Waals surface area contributed by atoms with E-state index in [0.29, 0.717) is 23.5 Å². The molecule has 4 atom stereocenters. The Hall–Kier alpha value is -0.900. The number of aliphatic hydroxyl groups excluding tert-OH is 1. The predicted molar refractivity (Wildman–Crippen MR) is 105 cm³/mol. The number of nitrogens with zero attached hydrogens (tertiary/aromatic N) is 1. The Morgan fingerprint density at radius 2 is 2.04 bits per heavy atom. The van der Waals surface area contributed by atoms with Crippen molar-refractivity contribution in [2.75, 3.05) is 19.7 Å². The first-order valence-electron chi connectivity index (χ1n) is 10.5. The van der Waals surface area contributed by atoms with Crippen molar-refractivity contribution in [3.8, 4) is 0 Å². The second-order valence-electron chi connectivity index (χ2n) is 10.2. The smallest absolute Gasteiger partial charge is 0.0900 e. The van der Waals surface area contributed by atoms with E-state index in [9.17, 15) is 5.11 Å². The summed E-state index contributed by atoms with van der Waals surface area (Å²) in [5.41, 5.74) is 3.61. The number of fused-ring (bicyclic) bond motifs is 3.